The maximum absolute atomic E-state index is 12.7. The second kappa shape index (κ2) is 7.78. The molecule has 6 heteroatoms. The van der Waals surface area contributed by atoms with Crippen molar-refractivity contribution in [2.45, 2.75) is 13.0 Å². The summed E-state index contributed by atoms with van der Waals surface area (Å²) in [6, 6.07) is 16.3. The summed E-state index contributed by atoms with van der Waals surface area (Å²) in [5.41, 5.74) is 2.30. The molecule has 25 heavy (non-hydrogen) atoms. The summed E-state index contributed by atoms with van der Waals surface area (Å²) in [5, 5.41) is 13.8. The van der Waals surface area contributed by atoms with Crippen LogP contribution < -0.4 is 5.32 Å². The molecule has 4 nitrogen and oxygen atoms in total. The summed E-state index contributed by atoms with van der Waals surface area (Å²) < 4.78 is 0. The van der Waals surface area contributed by atoms with E-state index in [4.69, 9.17) is 11.6 Å². The molecule has 1 aromatic heterocycles. The zero-order valence-corrected chi connectivity index (χ0v) is 15.1. The van der Waals surface area contributed by atoms with Crippen LogP contribution in [0.5, 0.6) is 0 Å². The fourth-order valence-electron chi connectivity index (χ4n) is 2.50. The number of benzene rings is 2. The number of amides is 1. The number of aryl methyl sites for hydroxylation is 1. The molecule has 2 N–H and O–H groups in total. The first-order chi connectivity index (χ1) is 12.1. The minimum absolute atomic E-state index is 0.176. The van der Waals surface area contributed by atoms with Crippen LogP contribution in [0.3, 0.4) is 0 Å². The molecule has 0 unspecified atom stereocenters. The molecule has 0 saturated carbocycles. The van der Waals surface area contributed by atoms with Gasteiger partial charge in [-0.2, -0.15) is 0 Å². The third kappa shape index (κ3) is 3.90. The lowest BCUT2D eigenvalue weighted by Gasteiger charge is -2.16. The molecule has 2 aromatic carbocycles. The van der Waals surface area contributed by atoms with Gasteiger partial charge >= 0.3 is 0 Å². The predicted octanol–water partition coefficient (Wildman–Crippen LogP) is 4.24. The lowest BCUT2D eigenvalue weighted by molar-refractivity contribution is 0.0919. The average Bonchev–Trinajstić information content (AvgIpc) is 3.02. The Bertz CT molecular complexity index is 880. The van der Waals surface area contributed by atoms with Gasteiger partial charge in [-0.1, -0.05) is 60.1 Å². The molecule has 1 heterocycles. The molecule has 3 aromatic rings. The predicted molar refractivity (Wildman–Crippen MR) is 101 cm³/mol. The second-order valence-corrected chi connectivity index (χ2v) is 6.94. The number of aliphatic hydroxyl groups is 1. The number of halogens is 1. The Kier molecular flexibility index (Phi) is 5.48. The van der Waals surface area contributed by atoms with E-state index in [0.29, 0.717) is 20.6 Å². The molecule has 0 fully saturated rings. The molecule has 128 valence electrons. The summed E-state index contributed by atoms with van der Waals surface area (Å²) >= 11 is 7.51. The van der Waals surface area contributed by atoms with Crippen molar-refractivity contribution in [2.24, 2.45) is 0 Å². The van der Waals surface area contributed by atoms with Crippen LogP contribution >= 0.6 is 22.9 Å². The highest BCUT2D eigenvalue weighted by Gasteiger charge is 2.20. The molecular formula is C19H17ClN2O2S. The number of carbonyl (C=O) groups excluding carboxylic acids is 1. The van der Waals surface area contributed by atoms with Crippen LogP contribution in [0.15, 0.2) is 54.6 Å². The molecule has 1 amide bonds. The Labute approximate surface area is 155 Å². The molecule has 0 aliphatic carbocycles. The van der Waals surface area contributed by atoms with Crippen LogP contribution in [0.1, 0.15) is 27.0 Å². The van der Waals surface area contributed by atoms with Gasteiger partial charge in [-0.15, -0.1) is 11.3 Å². The quantitative estimate of drug-likeness (QED) is 0.704. The van der Waals surface area contributed by atoms with Crippen LogP contribution in [-0.4, -0.2) is 22.6 Å². The zero-order chi connectivity index (χ0) is 17.8. The molecule has 0 saturated heterocycles. The van der Waals surface area contributed by atoms with Gasteiger partial charge in [0.25, 0.3) is 5.91 Å². The molecule has 1 atom stereocenters. The van der Waals surface area contributed by atoms with E-state index in [-0.39, 0.29) is 12.5 Å². The first-order valence-corrected chi connectivity index (χ1v) is 8.98. The van der Waals surface area contributed by atoms with Crippen LogP contribution in [0.25, 0.3) is 10.6 Å². The van der Waals surface area contributed by atoms with E-state index < -0.39 is 6.04 Å². The van der Waals surface area contributed by atoms with Crippen molar-refractivity contribution in [1.82, 2.24) is 10.3 Å². The third-order valence-electron chi connectivity index (χ3n) is 3.80. The summed E-state index contributed by atoms with van der Waals surface area (Å²) in [6.07, 6.45) is 0. The lowest BCUT2D eigenvalue weighted by atomic mass is 10.1. The highest BCUT2D eigenvalue weighted by molar-refractivity contribution is 7.17. The smallest absolute Gasteiger partial charge is 0.263 e. The van der Waals surface area contributed by atoms with Crippen LogP contribution in [0, 0.1) is 6.92 Å². The average molecular weight is 373 g/mol. The topological polar surface area (TPSA) is 62.2 Å². The Morgan fingerprint density at radius 1 is 1.20 bits per heavy atom. The first-order valence-electron chi connectivity index (χ1n) is 7.79. The van der Waals surface area contributed by atoms with Gasteiger partial charge in [-0.25, -0.2) is 4.98 Å². The van der Waals surface area contributed by atoms with Gasteiger partial charge in [0.1, 0.15) is 9.88 Å². The van der Waals surface area contributed by atoms with Crippen molar-refractivity contribution < 1.29 is 9.90 Å². The molecule has 3 rings (SSSR count). The zero-order valence-electron chi connectivity index (χ0n) is 13.6. The van der Waals surface area contributed by atoms with E-state index in [1.807, 2.05) is 48.5 Å². The van der Waals surface area contributed by atoms with Crippen LogP contribution in [-0.2, 0) is 0 Å². The number of thiazole rings is 1. The van der Waals surface area contributed by atoms with Crippen molar-refractivity contribution in [2.75, 3.05) is 6.61 Å². The van der Waals surface area contributed by atoms with Gasteiger partial charge in [-0.05, 0) is 18.6 Å². The normalized spacial score (nSPS) is 12.0. The molecular weight excluding hydrogens is 356 g/mol. The standard InChI is InChI=1S/C19H17ClN2O2S/c1-12-17(25-19(21-12)14-9-5-6-10-15(14)20)18(24)22-16(11-23)13-7-3-2-4-8-13/h2-10,16,23H,11H2,1H3,(H,22,24)/t16-/m0/s1. The Hall–Kier alpha value is -2.21. The number of hydrogen-bond donors (Lipinski definition) is 2. The van der Waals surface area contributed by atoms with Crippen molar-refractivity contribution in [3.8, 4) is 10.6 Å². The van der Waals surface area contributed by atoms with Gasteiger partial charge in [0.15, 0.2) is 0 Å². The van der Waals surface area contributed by atoms with Crippen LogP contribution in [0.2, 0.25) is 5.02 Å². The van der Waals surface area contributed by atoms with Gasteiger partial charge in [0.2, 0.25) is 0 Å². The molecule has 0 spiro atoms. The number of aliphatic hydroxyl groups excluding tert-OH is 1. The van der Waals surface area contributed by atoms with Crippen LogP contribution in [0.4, 0.5) is 0 Å². The SMILES string of the molecule is Cc1nc(-c2ccccc2Cl)sc1C(=O)N[C@@H](CO)c1ccccc1. The first kappa shape index (κ1) is 17.6. The number of carbonyl (C=O) groups is 1. The molecule has 0 aliphatic rings. The maximum atomic E-state index is 12.7. The summed E-state index contributed by atoms with van der Waals surface area (Å²) in [6.45, 7) is 1.62. The fourth-order valence-corrected chi connectivity index (χ4v) is 3.79. The summed E-state index contributed by atoms with van der Waals surface area (Å²) in [5.74, 6) is -0.254. The maximum Gasteiger partial charge on any atom is 0.263 e. The Morgan fingerprint density at radius 2 is 1.88 bits per heavy atom. The van der Waals surface area contributed by atoms with Gasteiger partial charge in [-0.3, -0.25) is 4.79 Å². The van der Waals surface area contributed by atoms with Crippen molar-refractivity contribution in [3.63, 3.8) is 0 Å². The minimum Gasteiger partial charge on any atom is -0.394 e. The minimum atomic E-state index is -0.459. The summed E-state index contributed by atoms with van der Waals surface area (Å²) in [4.78, 5) is 17.7. The van der Waals surface area contributed by atoms with Gasteiger partial charge in [0, 0.05) is 5.56 Å². The monoisotopic (exact) mass is 372 g/mol. The van der Waals surface area contributed by atoms with E-state index in [1.165, 1.54) is 11.3 Å². The highest BCUT2D eigenvalue weighted by Crippen LogP contribution is 2.32. The van der Waals surface area contributed by atoms with E-state index in [1.54, 1.807) is 13.0 Å². The van der Waals surface area contributed by atoms with E-state index in [9.17, 15) is 9.90 Å². The van der Waals surface area contributed by atoms with Crippen molar-refractivity contribution in [1.29, 1.82) is 0 Å². The van der Waals surface area contributed by atoms with Crippen molar-refractivity contribution in [3.05, 3.63) is 75.8 Å². The van der Waals surface area contributed by atoms with E-state index >= 15 is 0 Å². The molecule has 0 radical (unpaired) electrons. The fraction of sp³-hybridized carbons (Fsp3) is 0.158. The Balaban J connectivity index is 1.84. The number of nitrogens with one attached hydrogen (secondary N) is 1. The second-order valence-electron chi connectivity index (χ2n) is 5.53. The largest absolute Gasteiger partial charge is 0.394 e. The van der Waals surface area contributed by atoms with Gasteiger partial charge < -0.3 is 10.4 Å². The number of aromatic nitrogens is 1. The number of hydrogen-bond acceptors (Lipinski definition) is 4. The third-order valence-corrected chi connectivity index (χ3v) is 5.32. The van der Waals surface area contributed by atoms with Gasteiger partial charge in [0.05, 0.1) is 23.4 Å². The van der Waals surface area contributed by atoms with Crippen molar-refractivity contribution >= 4 is 28.8 Å². The summed E-state index contributed by atoms with van der Waals surface area (Å²) in [7, 11) is 0. The van der Waals surface area contributed by atoms with E-state index in [2.05, 4.69) is 10.3 Å². The van der Waals surface area contributed by atoms with E-state index in [0.717, 1.165) is 11.1 Å². The molecule has 0 bridgehead atoms. The number of rotatable bonds is 5. The lowest BCUT2D eigenvalue weighted by Crippen LogP contribution is -2.30. The highest BCUT2D eigenvalue weighted by atomic mass is 35.5. The number of nitrogens with zero attached hydrogens (tertiary/aromatic N) is 1. The Morgan fingerprint density at radius 3 is 2.56 bits per heavy atom. The molecule has 0 aliphatic heterocycles.